The number of pyridine rings is 1. The molecule has 0 radical (unpaired) electrons. The van der Waals surface area contributed by atoms with Gasteiger partial charge < -0.3 is 15.0 Å². The summed E-state index contributed by atoms with van der Waals surface area (Å²) in [5.74, 6) is 1.07. The van der Waals surface area contributed by atoms with E-state index < -0.39 is 0 Å². The highest BCUT2D eigenvalue weighted by Gasteiger charge is 2.11. The first-order valence-electron chi connectivity index (χ1n) is 7.26. The fourth-order valence-corrected chi connectivity index (χ4v) is 2.90. The molecule has 0 fully saturated rings. The number of methoxy groups -OCH3 is 1. The predicted molar refractivity (Wildman–Crippen MR) is 88.9 cm³/mol. The molecule has 0 saturated heterocycles. The molecule has 4 nitrogen and oxygen atoms in total. The first-order valence-corrected chi connectivity index (χ1v) is 8.14. The van der Waals surface area contributed by atoms with Gasteiger partial charge in [0, 0.05) is 43.4 Å². The molecule has 0 amide bonds. The van der Waals surface area contributed by atoms with Crippen LogP contribution in [0.25, 0.3) is 0 Å². The molecule has 0 atom stereocenters. The Labute approximate surface area is 130 Å². The zero-order chi connectivity index (χ0) is 14.9. The van der Waals surface area contributed by atoms with Gasteiger partial charge >= 0.3 is 0 Å². The number of hydrogen-bond donors (Lipinski definition) is 1. The number of thiophene rings is 1. The standard InChI is InChI=1S/C16H23N3OS/c1-3-19(13-15-7-5-11-21-15)16-14(6-4-8-18-16)12-17-9-10-20-2/h4-8,11,17H,3,9-10,12-13H2,1-2H3. The van der Waals surface area contributed by atoms with Crippen LogP contribution in [0.15, 0.2) is 35.8 Å². The minimum atomic E-state index is 0.724. The molecule has 2 aromatic heterocycles. The van der Waals surface area contributed by atoms with Gasteiger partial charge in [-0.05, 0) is 24.4 Å². The average Bonchev–Trinajstić information content (AvgIpc) is 3.03. The molecular weight excluding hydrogens is 282 g/mol. The van der Waals surface area contributed by atoms with Gasteiger partial charge in [0.05, 0.1) is 13.2 Å². The molecule has 2 aromatic rings. The lowest BCUT2D eigenvalue weighted by atomic mass is 10.2. The maximum Gasteiger partial charge on any atom is 0.133 e. The van der Waals surface area contributed by atoms with Crippen LogP contribution >= 0.6 is 11.3 Å². The second kappa shape index (κ2) is 8.77. The average molecular weight is 305 g/mol. The van der Waals surface area contributed by atoms with Gasteiger partial charge in [-0.3, -0.25) is 0 Å². The fourth-order valence-electron chi connectivity index (χ4n) is 2.18. The maximum atomic E-state index is 5.06. The molecule has 0 aromatic carbocycles. The van der Waals surface area contributed by atoms with Crippen LogP contribution in [-0.4, -0.2) is 31.8 Å². The van der Waals surface area contributed by atoms with Crippen LogP contribution in [0.5, 0.6) is 0 Å². The van der Waals surface area contributed by atoms with Gasteiger partial charge in [-0.25, -0.2) is 4.98 Å². The molecule has 0 spiro atoms. The third kappa shape index (κ3) is 4.81. The van der Waals surface area contributed by atoms with Crippen molar-refractivity contribution in [2.45, 2.75) is 20.0 Å². The molecule has 5 heteroatoms. The second-order valence-corrected chi connectivity index (χ2v) is 5.78. The van der Waals surface area contributed by atoms with E-state index in [1.165, 1.54) is 10.4 Å². The van der Waals surface area contributed by atoms with E-state index in [0.29, 0.717) is 0 Å². The molecule has 0 aliphatic heterocycles. The van der Waals surface area contributed by atoms with Crippen LogP contribution in [0.3, 0.4) is 0 Å². The summed E-state index contributed by atoms with van der Waals surface area (Å²) in [4.78, 5) is 8.27. The lowest BCUT2D eigenvalue weighted by molar-refractivity contribution is 0.199. The summed E-state index contributed by atoms with van der Waals surface area (Å²) in [5, 5.41) is 5.51. The molecule has 0 aliphatic carbocycles. The fraction of sp³-hybridized carbons (Fsp3) is 0.438. The molecule has 114 valence electrons. The first-order chi connectivity index (χ1) is 10.3. The van der Waals surface area contributed by atoms with Gasteiger partial charge in [0.2, 0.25) is 0 Å². The third-order valence-corrected chi connectivity index (χ3v) is 4.14. The Morgan fingerprint density at radius 1 is 1.33 bits per heavy atom. The number of hydrogen-bond acceptors (Lipinski definition) is 5. The quantitative estimate of drug-likeness (QED) is 0.723. The molecule has 2 rings (SSSR count). The smallest absolute Gasteiger partial charge is 0.133 e. The summed E-state index contributed by atoms with van der Waals surface area (Å²) in [6.45, 7) is 6.41. The van der Waals surface area contributed by atoms with Crippen molar-refractivity contribution in [1.82, 2.24) is 10.3 Å². The summed E-state index contributed by atoms with van der Waals surface area (Å²) in [6.07, 6.45) is 1.87. The van der Waals surface area contributed by atoms with Gasteiger partial charge in [0.1, 0.15) is 5.82 Å². The van der Waals surface area contributed by atoms with E-state index in [1.54, 1.807) is 18.4 Å². The Morgan fingerprint density at radius 3 is 2.95 bits per heavy atom. The lowest BCUT2D eigenvalue weighted by Gasteiger charge is -2.24. The zero-order valence-electron chi connectivity index (χ0n) is 12.7. The van der Waals surface area contributed by atoms with Crippen LogP contribution < -0.4 is 10.2 Å². The maximum absolute atomic E-state index is 5.06. The van der Waals surface area contributed by atoms with Crippen LogP contribution in [0.1, 0.15) is 17.4 Å². The molecule has 0 unspecified atom stereocenters. The van der Waals surface area contributed by atoms with Crippen molar-refractivity contribution in [1.29, 1.82) is 0 Å². The first kappa shape index (κ1) is 15.9. The second-order valence-electron chi connectivity index (χ2n) is 4.75. The highest BCUT2D eigenvalue weighted by atomic mass is 32.1. The van der Waals surface area contributed by atoms with E-state index in [2.05, 4.69) is 45.7 Å². The van der Waals surface area contributed by atoms with E-state index >= 15 is 0 Å². The number of ether oxygens (including phenoxy) is 1. The Bertz CT molecular complexity index is 516. The van der Waals surface area contributed by atoms with E-state index in [9.17, 15) is 0 Å². The number of nitrogens with one attached hydrogen (secondary N) is 1. The van der Waals surface area contributed by atoms with Gasteiger partial charge in [0.15, 0.2) is 0 Å². The molecule has 0 bridgehead atoms. The van der Waals surface area contributed by atoms with E-state index in [-0.39, 0.29) is 0 Å². The van der Waals surface area contributed by atoms with E-state index in [1.807, 2.05) is 12.3 Å². The SMILES string of the molecule is CCN(Cc1cccs1)c1ncccc1CNCCOC. The molecule has 2 heterocycles. The number of nitrogens with zero attached hydrogens (tertiary/aromatic N) is 2. The van der Waals surface area contributed by atoms with E-state index in [4.69, 9.17) is 4.74 Å². The Hall–Kier alpha value is -1.43. The Kier molecular flexibility index (Phi) is 6.66. The lowest BCUT2D eigenvalue weighted by Crippen LogP contribution is -2.26. The van der Waals surface area contributed by atoms with Crippen LogP contribution in [0, 0.1) is 0 Å². The normalized spacial score (nSPS) is 10.8. The van der Waals surface area contributed by atoms with Crippen LogP contribution in [0.4, 0.5) is 5.82 Å². The predicted octanol–water partition coefficient (Wildman–Crippen LogP) is 2.91. The van der Waals surface area contributed by atoms with Crippen molar-refractivity contribution >= 4 is 17.2 Å². The minimum Gasteiger partial charge on any atom is -0.383 e. The van der Waals surface area contributed by atoms with Crippen molar-refractivity contribution < 1.29 is 4.74 Å². The number of aromatic nitrogens is 1. The van der Waals surface area contributed by atoms with E-state index in [0.717, 1.165) is 38.6 Å². The molecule has 0 saturated carbocycles. The largest absolute Gasteiger partial charge is 0.383 e. The summed E-state index contributed by atoms with van der Waals surface area (Å²) in [6, 6.07) is 8.40. The number of rotatable bonds is 9. The Morgan fingerprint density at radius 2 is 2.24 bits per heavy atom. The van der Waals surface area contributed by atoms with Crippen molar-refractivity contribution in [2.75, 3.05) is 31.7 Å². The van der Waals surface area contributed by atoms with Gasteiger partial charge in [-0.15, -0.1) is 11.3 Å². The summed E-state index contributed by atoms with van der Waals surface area (Å²) < 4.78 is 5.06. The van der Waals surface area contributed by atoms with Gasteiger partial charge in [0.25, 0.3) is 0 Å². The Balaban J connectivity index is 2.05. The molecule has 0 aliphatic rings. The van der Waals surface area contributed by atoms with Crippen LogP contribution in [0.2, 0.25) is 0 Å². The monoisotopic (exact) mass is 305 g/mol. The van der Waals surface area contributed by atoms with Gasteiger partial charge in [-0.2, -0.15) is 0 Å². The summed E-state index contributed by atoms with van der Waals surface area (Å²) >= 11 is 1.79. The van der Waals surface area contributed by atoms with Crippen molar-refractivity contribution in [3.05, 3.63) is 46.3 Å². The van der Waals surface area contributed by atoms with Crippen molar-refractivity contribution in [2.24, 2.45) is 0 Å². The summed E-state index contributed by atoms with van der Waals surface area (Å²) in [5.41, 5.74) is 1.23. The minimum absolute atomic E-state index is 0.724. The molecular formula is C16H23N3OS. The van der Waals surface area contributed by atoms with Gasteiger partial charge in [-0.1, -0.05) is 12.1 Å². The topological polar surface area (TPSA) is 37.4 Å². The molecule has 1 N–H and O–H groups in total. The summed E-state index contributed by atoms with van der Waals surface area (Å²) in [7, 11) is 1.72. The number of anilines is 1. The van der Waals surface area contributed by atoms with Crippen LogP contribution in [-0.2, 0) is 17.8 Å². The highest BCUT2D eigenvalue weighted by molar-refractivity contribution is 7.09. The highest BCUT2D eigenvalue weighted by Crippen LogP contribution is 2.21. The zero-order valence-corrected chi connectivity index (χ0v) is 13.5. The molecule has 21 heavy (non-hydrogen) atoms. The third-order valence-electron chi connectivity index (χ3n) is 3.27. The van der Waals surface area contributed by atoms with Crippen molar-refractivity contribution in [3.8, 4) is 0 Å². The van der Waals surface area contributed by atoms with Crippen molar-refractivity contribution in [3.63, 3.8) is 0 Å².